The van der Waals surface area contributed by atoms with E-state index >= 15 is 0 Å². The number of carboxylic acids is 1. The van der Waals surface area contributed by atoms with Gasteiger partial charge < -0.3 is 10.4 Å². The molecular weight excluding hydrogens is 250 g/mol. The van der Waals surface area contributed by atoms with Crippen LogP contribution in [0.2, 0.25) is 0 Å². The number of amides is 1. The second kappa shape index (κ2) is 7.76. The van der Waals surface area contributed by atoms with Crippen molar-refractivity contribution in [1.82, 2.24) is 5.32 Å². The molecule has 0 aliphatic heterocycles. The van der Waals surface area contributed by atoms with E-state index in [0.717, 1.165) is 12.2 Å². The van der Waals surface area contributed by atoms with Gasteiger partial charge in [-0.25, -0.2) is 0 Å². The first-order valence-corrected chi connectivity index (χ1v) is 6.78. The second-order valence-electron chi connectivity index (χ2n) is 3.89. The highest BCUT2D eigenvalue weighted by Gasteiger charge is 2.13. The number of aliphatic carboxylic acids is 1. The maximum Gasteiger partial charge on any atom is 0.325 e. The Hall–Kier alpha value is -1.49. The first-order chi connectivity index (χ1) is 8.59. The Bertz CT molecular complexity index is 394. The monoisotopic (exact) mass is 267 g/mol. The molecule has 0 radical (unpaired) electrons. The van der Waals surface area contributed by atoms with E-state index in [2.05, 4.69) is 5.32 Å². The summed E-state index contributed by atoms with van der Waals surface area (Å²) in [5.74, 6) is -0.376. The molecular formula is C13H17NO3S. The number of rotatable bonds is 7. The number of hydrogen-bond donors (Lipinski definition) is 2. The van der Waals surface area contributed by atoms with E-state index in [1.165, 1.54) is 11.8 Å². The Morgan fingerprint density at radius 2 is 2.00 bits per heavy atom. The van der Waals surface area contributed by atoms with Gasteiger partial charge in [-0.1, -0.05) is 18.2 Å². The van der Waals surface area contributed by atoms with Crippen LogP contribution in [0.1, 0.15) is 19.8 Å². The van der Waals surface area contributed by atoms with Gasteiger partial charge in [0.25, 0.3) is 0 Å². The lowest BCUT2D eigenvalue weighted by atomic mass is 10.3. The van der Waals surface area contributed by atoms with Gasteiger partial charge in [-0.15, -0.1) is 11.8 Å². The third-order valence-electron chi connectivity index (χ3n) is 2.31. The molecule has 18 heavy (non-hydrogen) atoms. The van der Waals surface area contributed by atoms with Crippen molar-refractivity contribution >= 4 is 23.6 Å². The van der Waals surface area contributed by atoms with Crippen molar-refractivity contribution in [2.75, 3.05) is 5.75 Å². The Balaban J connectivity index is 2.14. The van der Waals surface area contributed by atoms with Crippen molar-refractivity contribution in [3.05, 3.63) is 30.3 Å². The van der Waals surface area contributed by atoms with E-state index in [9.17, 15) is 9.59 Å². The average molecular weight is 267 g/mol. The molecule has 4 nitrogen and oxygen atoms in total. The van der Waals surface area contributed by atoms with Crippen LogP contribution in [0.15, 0.2) is 35.2 Å². The van der Waals surface area contributed by atoms with Gasteiger partial charge in [0.15, 0.2) is 0 Å². The molecule has 0 aromatic heterocycles. The fourth-order valence-corrected chi connectivity index (χ4v) is 2.19. The Labute approximate surface area is 111 Å². The molecule has 5 heteroatoms. The molecule has 0 aliphatic rings. The number of hydrogen-bond acceptors (Lipinski definition) is 3. The topological polar surface area (TPSA) is 66.4 Å². The fourth-order valence-electron chi connectivity index (χ4n) is 1.31. The van der Waals surface area contributed by atoms with Crippen LogP contribution in [0.3, 0.4) is 0 Å². The predicted octanol–water partition coefficient (Wildman–Crippen LogP) is 2.15. The number of carboxylic acid groups (broad SMARTS) is 1. The molecule has 98 valence electrons. The summed E-state index contributed by atoms with van der Waals surface area (Å²) in [6.45, 7) is 1.46. The maximum absolute atomic E-state index is 11.4. The minimum Gasteiger partial charge on any atom is -0.480 e. The van der Waals surface area contributed by atoms with Gasteiger partial charge in [0, 0.05) is 11.3 Å². The fraction of sp³-hybridized carbons (Fsp3) is 0.385. The van der Waals surface area contributed by atoms with E-state index in [1.54, 1.807) is 11.8 Å². The van der Waals surface area contributed by atoms with Gasteiger partial charge in [-0.05, 0) is 31.2 Å². The Morgan fingerprint density at radius 3 is 2.61 bits per heavy atom. The molecule has 0 bridgehead atoms. The molecule has 1 aromatic rings. The van der Waals surface area contributed by atoms with Gasteiger partial charge in [-0.2, -0.15) is 0 Å². The van der Waals surface area contributed by atoms with Crippen molar-refractivity contribution in [1.29, 1.82) is 0 Å². The molecule has 1 rings (SSSR count). The van der Waals surface area contributed by atoms with Gasteiger partial charge in [0.05, 0.1) is 0 Å². The second-order valence-corrected chi connectivity index (χ2v) is 5.06. The molecule has 0 heterocycles. The zero-order valence-corrected chi connectivity index (χ0v) is 11.1. The van der Waals surface area contributed by atoms with Crippen LogP contribution in [-0.2, 0) is 9.59 Å². The van der Waals surface area contributed by atoms with Crippen LogP contribution in [0.5, 0.6) is 0 Å². The number of benzene rings is 1. The molecule has 0 saturated carbocycles. The summed E-state index contributed by atoms with van der Waals surface area (Å²) < 4.78 is 0. The standard InChI is InChI=1S/C13H17NO3S/c1-10(13(16)17)14-12(15)8-5-9-18-11-6-3-2-4-7-11/h2-4,6-7,10H,5,8-9H2,1H3,(H,14,15)(H,16,17)/t10-/m0/s1. The lowest BCUT2D eigenvalue weighted by molar-refractivity contribution is -0.141. The molecule has 0 aliphatic carbocycles. The van der Waals surface area contributed by atoms with E-state index in [1.807, 2.05) is 30.3 Å². The highest BCUT2D eigenvalue weighted by atomic mass is 32.2. The van der Waals surface area contributed by atoms with E-state index < -0.39 is 12.0 Å². The molecule has 0 fully saturated rings. The van der Waals surface area contributed by atoms with E-state index in [-0.39, 0.29) is 5.91 Å². The van der Waals surface area contributed by atoms with Crippen molar-refractivity contribution in [2.24, 2.45) is 0 Å². The summed E-state index contributed by atoms with van der Waals surface area (Å²) in [5.41, 5.74) is 0. The van der Waals surface area contributed by atoms with E-state index in [0.29, 0.717) is 6.42 Å². The van der Waals surface area contributed by atoms with Crippen molar-refractivity contribution in [2.45, 2.75) is 30.7 Å². The quantitative estimate of drug-likeness (QED) is 0.587. The smallest absolute Gasteiger partial charge is 0.325 e. The summed E-state index contributed by atoms with van der Waals surface area (Å²) in [4.78, 5) is 23.1. The summed E-state index contributed by atoms with van der Waals surface area (Å²) in [6.07, 6.45) is 1.09. The Morgan fingerprint density at radius 1 is 1.33 bits per heavy atom. The molecule has 1 atom stereocenters. The lowest BCUT2D eigenvalue weighted by Crippen LogP contribution is -2.38. The van der Waals surface area contributed by atoms with Crippen molar-refractivity contribution < 1.29 is 14.7 Å². The predicted molar refractivity (Wildman–Crippen MR) is 71.6 cm³/mol. The highest BCUT2D eigenvalue weighted by molar-refractivity contribution is 7.99. The number of nitrogens with one attached hydrogen (secondary N) is 1. The number of carbonyl (C=O) groups is 2. The first kappa shape index (κ1) is 14.6. The van der Waals surface area contributed by atoms with Gasteiger partial charge >= 0.3 is 5.97 Å². The molecule has 0 unspecified atom stereocenters. The molecule has 2 N–H and O–H groups in total. The van der Waals surface area contributed by atoms with Crippen LogP contribution in [0, 0.1) is 0 Å². The van der Waals surface area contributed by atoms with Gasteiger partial charge in [0.1, 0.15) is 6.04 Å². The average Bonchev–Trinajstić information content (AvgIpc) is 2.35. The highest BCUT2D eigenvalue weighted by Crippen LogP contribution is 2.18. The maximum atomic E-state index is 11.4. The SMILES string of the molecule is C[C@H](NC(=O)CCCSc1ccccc1)C(=O)O. The normalized spacial score (nSPS) is 11.8. The van der Waals surface area contributed by atoms with Crippen LogP contribution in [0.25, 0.3) is 0 Å². The van der Waals surface area contributed by atoms with Crippen LogP contribution < -0.4 is 5.32 Å². The molecule has 1 amide bonds. The largest absolute Gasteiger partial charge is 0.480 e. The minimum atomic E-state index is -1.01. The van der Waals surface area contributed by atoms with Crippen molar-refractivity contribution in [3.63, 3.8) is 0 Å². The summed E-state index contributed by atoms with van der Waals surface area (Å²) >= 11 is 1.69. The first-order valence-electron chi connectivity index (χ1n) is 5.79. The van der Waals surface area contributed by atoms with Gasteiger partial charge in [0.2, 0.25) is 5.91 Å². The van der Waals surface area contributed by atoms with Crippen LogP contribution in [0.4, 0.5) is 0 Å². The lowest BCUT2D eigenvalue weighted by Gasteiger charge is -2.08. The summed E-state index contributed by atoms with van der Waals surface area (Å²) in [7, 11) is 0. The zero-order valence-electron chi connectivity index (χ0n) is 10.3. The molecule has 0 saturated heterocycles. The number of thioether (sulfide) groups is 1. The third kappa shape index (κ3) is 5.72. The zero-order chi connectivity index (χ0) is 13.4. The molecule has 1 aromatic carbocycles. The van der Waals surface area contributed by atoms with E-state index in [4.69, 9.17) is 5.11 Å². The molecule has 0 spiro atoms. The number of carbonyl (C=O) groups excluding carboxylic acids is 1. The van der Waals surface area contributed by atoms with Gasteiger partial charge in [-0.3, -0.25) is 9.59 Å². The third-order valence-corrected chi connectivity index (χ3v) is 3.41. The summed E-state index contributed by atoms with van der Waals surface area (Å²) in [6, 6.07) is 9.14. The van der Waals surface area contributed by atoms with Crippen molar-refractivity contribution in [3.8, 4) is 0 Å². The summed E-state index contributed by atoms with van der Waals surface area (Å²) in [5, 5.41) is 11.1. The minimum absolute atomic E-state index is 0.210. The Kier molecular flexibility index (Phi) is 6.28. The van der Waals surface area contributed by atoms with Crippen LogP contribution >= 0.6 is 11.8 Å². The van der Waals surface area contributed by atoms with Crippen LogP contribution in [-0.4, -0.2) is 28.8 Å².